The molecule has 1 N–H and O–H groups in total. The van der Waals surface area contributed by atoms with Crippen molar-refractivity contribution in [1.82, 2.24) is 14.9 Å². The summed E-state index contributed by atoms with van der Waals surface area (Å²) in [5, 5.41) is 3.37. The van der Waals surface area contributed by atoms with E-state index in [0.29, 0.717) is 6.04 Å². The molecule has 0 spiro atoms. The molecule has 1 atom stereocenters. The summed E-state index contributed by atoms with van der Waals surface area (Å²) in [5.74, 6) is 1.16. The number of rotatable bonds is 3. The second-order valence-electron chi connectivity index (χ2n) is 3.02. The highest BCUT2D eigenvalue weighted by atomic mass is 15.1. The molecule has 0 saturated heterocycles. The number of aryl methyl sites for hydroxylation is 1. The van der Waals surface area contributed by atoms with Gasteiger partial charge in [0.05, 0.1) is 6.04 Å². The maximum atomic E-state index is 4.30. The van der Waals surface area contributed by atoms with Gasteiger partial charge in [0.25, 0.3) is 0 Å². The maximum Gasteiger partial charge on any atom is 0.125 e. The van der Waals surface area contributed by atoms with Crippen molar-refractivity contribution in [3.05, 3.63) is 30.9 Å². The smallest absolute Gasteiger partial charge is 0.125 e. The van der Waals surface area contributed by atoms with Crippen molar-refractivity contribution in [1.29, 1.82) is 0 Å². The molecule has 1 aliphatic rings. The number of aromatic nitrogens is 2. The van der Waals surface area contributed by atoms with E-state index in [9.17, 15) is 0 Å². The van der Waals surface area contributed by atoms with E-state index in [4.69, 9.17) is 0 Å². The Morgan fingerprint density at radius 1 is 1.83 bits per heavy atom. The van der Waals surface area contributed by atoms with Gasteiger partial charge >= 0.3 is 0 Å². The Hall–Kier alpha value is -1.09. The van der Waals surface area contributed by atoms with Crippen molar-refractivity contribution in [2.45, 2.75) is 19.0 Å². The molecule has 0 radical (unpaired) electrons. The summed E-state index contributed by atoms with van der Waals surface area (Å²) in [7, 11) is 0. The SMILES string of the molecule is C=CCNC1CCn2ccnc21. The van der Waals surface area contributed by atoms with Gasteiger partial charge in [-0.3, -0.25) is 0 Å². The van der Waals surface area contributed by atoms with E-state index in [1.807, 2.05) is 18.5 Å². The lowest BCUT2D eigenvalue weighted by Gasteiger charge is -2.07. The molecule has 0 aromatic carbocycles. The maximum absolute atomic E-state index is 4.30. The zero-order chi connectivity index (χ0) is 8.39. The van der Waals surface area contributed by atoms with Crippen molar-refractivity contribution in [3.8, 4) is 0 Å². The number of nitrogens with one attached hydrogen (secondary N) is 1. The topological polar surface area (TPSA) is 29.9 Å². The van der Waals surface area contributed by atoms with Crippen LogP contribution in [-0.4, -0.2) is 16.1 Å². The Morgan fingerprint density at radius 3 is 3.58 bits per heavy atom. The Labute approximate surface area is 72.1 Å². The highest BCUT2D eigenvalue weighted by Gasteiger charge is 2.21. The fraction of sp³-hybridized carbons (Fsp3) is 0.444. The van der Waals surface area contributed by atoms with Crippen molar-refractivity contribution in [3.63, 3.8) is 0 Å². The van der Waals surface area contributed by atoms with Crippen molar-refractivity contribution >= 4 is 0 Å². The minimum atomic E-state index is 0.429. The molecule has 3 nitrogen and oxygen atoms in total. The first-order valence-electron chi connectivity index (χ1n) is 4.27. The number of fused-ring (bicyclic) bond motifs is 1. The van der Waals surface area contributed by atoms with Crippen LogP contribution in [0.15, 0.2) is 25.0 Å². The lowest BCUT2D eigenvalue weighted by molar-refractivity contribution is 0.552. The van der Waals surface area contributed by atoms with Gasteiger partial charge < -0.3 is 9.88 Å². The molecule has 1 aliphatic heterocycles. The molecule has 0 saturated carbocycles. The largest absolute Gasteiger partial charge is 0.334 e. The molecule has 64 valence electrons. The molecule has 1 unspecified atom stereocenters. The fourth-order valence-electron chi connectivity index (χ4n) is 1.64. The van der Waals surface area contributed by atoms with E-state index < -0.39 is 0 Å². The van der Waals surface area contributed by atoms with Gasteiger partial charge in [0.15, 0.2) is 0 Å². The van der Waals surface area contributed by atoms with Crippen LogP contribution in [0.4, 0.5) is 0 Å². The molecule has 0 bridgehead atoms. The zero-order valence-electron chi connectivity index (χ0n) is 7.03. The number of hydrogen-bond donors (Lipinski definition) is 1. The average molecular weight is 163 g/mol. The van der Waals surface area contributed by atoms with Gasteiger partial charge in [0.1, 0.15) is 5.82 Å². The minimum Gasteiger partial charge on any atom is -0.334 e. The Balaban J connectivity index is 2.07. The first kappa shape index (κ1) is 7.55. The first-order chi connectivity index (χ1) is 5.92. The van der Waals surface area contributed by atoms with E-state index in [-0.39, 0.29) is 0 Å². The minimum absolute atomic E-state index is 0.429. The van der Waals surface area contributed by atoms with Crippen molar-refractivity contribution in [2.75, 3.05) is 6.54 Å². The molecule has 3 heteroatoms. The monoisotopic (exact) mass is 163 g/mol. The summed E-state index contributed by atoms with van der Waals surface area (Å²) in [6, 6.07) is 0.429. The van der Waals surface area contributed by atoms with Gasteiger partial charge in [-0.05, 0) is 6.42 Å². The molecule has 12 heavy (non-hydrogen) atoms. The fourth-order valence-corrected chi connectivity index (χ4v) is 1.64. The van der Waals surface area contributed by atoms with Crippen LogP contribution >= 0.6 is 0 Å². The lowest BCUT2D eigenvalue weighted by Crippen LogP contribution is -2.19. The average Bonchev–Trinajstić information content (AvgIpc) is 2.62. The standard InChI is InChI=1S/C9H13N3/c1-2-4-10-8-3-6-12-7-5-11-9(8)12/h2,5,7-8,10H,1,3-4,6H2. The van der Waals surface area contributed by atoms with Gasteiger partial charge in [-0.25, -0.2) is 4.98 Å². The molecule has 2 rings (SSSR count). The predicted octanol–water partition coefficient (Wildman–Crippen LogP) is 1.10. The van der Waals surface area contributed by atoms with E-state index in [1.165, 1.54) is 0 Å². The van der Waals surface area contributed by atoms with Gasteiger partial charge in [0, 0.05) is 25.5 Å². The van der Waals surface area contributed by atoms with Crippen LogP contribution < -0.4 is 5.32 Å². The highest BCUT2D eigenvalue weighted by molar-refractivity contribution is 5.04. The van der Waals surface area contributed by atoms with E-state index >= 15 is 0 Å². The van der Waals surface area contributed by atoms with Crippen molar-refractivity contribution < 1.29 is 0 Å². The van der Waals surface area contributed by atoms with E-state index in [1.54, 1.807) is 0 Å². The molecular formula is C9H13N3. The predicted molar refractivity (Wildman–Crippen MR) is 47.8 cm³/mol. The third kappa shape index (κ3) is 1.16. The third-order valence-corrected chi connectivity index (χ3v) is 2.23. The summed E-state index contributed by atoms with van der Waals surface area (Å²) in [5.41, 5.74) is 0. The molecule has 0 amide bonds. The molecule has 1 aromatic heterocycles. The number of hydrogen-bond acceptors (Lipinski definition) is 2. The Morgan fingerprint density at radius 2 is 2.75 bits per heavy atom. The molecule has 2 heterocycles. The Bertz CT molecular complexity index is 277. The van der Waals surface area contributed by atoms with Crippen LogP contribution in [0.1, 0.15) is 18.3 Å². The quantitative estimate of drug-likeness (QED) is 0.676. The first-order valence-corrected chi connectivity index (χ1v) is 4.27. The number of nitrogens with zero attached hydrogens (tertiary/aromatic N) is 2. The normalized spacial score (nSPS) is 20.8. The van der Waals surface area contributed by atoms with Gasteiger partial charge in [0.2, 0.25) is 0 Å². The second kappa shape index (κ2) is 3.11. The van der Waals surface area contributed by atoms with Crippen LogP contribution in [0.3, 0.4) is 0 Å². The van der Waals surface area contributed by atoms with E-state index in [0.717, 1.165) is 25.3 Å². The van der Waals surface area contributed by atoms with Gasteiger partial charge in [-0.2, -0.15) is 0 Å². The van der Waals surface area contributed by atoms with Gasteiger partial charge in [-0.1, -0.05) is 6.08 Å². The van der Waals surface area contributed by atoms with Crippen LogP contribution in [0, 0.1) is 0 Å². The molecule has 0 aliphatic carbocycles. The van der Waals surface area contributed by atoms with Crippen LogP contribution in [-0.2, 0) is 6.54 Å². The highest BCUT2D eigenvalue weighted by Crippen LogP contribution is 2.22. The molecule has 1 aromatic rings. The summed E-state index contributed by atoms with van der Waals surface area (Å²) >= 11 is 0. The lowest BCUT2D eigenvalue weighted by atomic mass is 10.2. The third-order valence-electron chi connectivity index (χ3n) is 2.23. The van der Waals surface area contributed by atoms with Gasteiger partial charge in [-0.15, -0.1) is 6.58 Å². The van der Waals surface area contributed by atoms with Crippen molar-refractivity contribution in [2.24, 2.45) is 0 Å². The summed E-state index contributed by atoms with van der Waals surface area (Å²) in [4.78, 5) is 4.30. The summed E-state index contributed by atoms with van der Waals surface area (Å²) in [6.07, 6.45) is 6.92. The second-order valence-corrected chi connectivity index (χ2v) is 3.02. The number of imidazole rings is 1. The van der Waals surface area contributed by atoms with Crippen LogP contribution in [0.5, 0.6) is 0 Å². The zero-order valence-corrected chi connectivity index (χ0v) is 7.03. The van der Waals surface area contributed by atoms with Crippen LogP contribution in [0.2, 0.25) is 0 Å². The molecular weight excluding hydrogens is 150 g/mol. The van der Waals surface area contributed by atoms with Crippen LogP contribution in [0.25, 0.3) is 0 Å². The summed E-state index contributed by atoms with van der Waals surface area (Å²) < 4.78 is 2.20. The Kier molecular flexibility index (Phi) is 1.96. The summed E-state index contributed by atoms with van der Waals surface area (Å²) in [6.45, 7) is 5.62. The van der Waals surface area contributed by atoms with E-state index in [2.05, 4.69) is 21.4 Å². The molecule has 0 fully saturated rings.